The van der Waals surface area contributed by atoms with E-state index in [9.17, 15) is 4.79 Å². The molecular weight excluding hydrogens is 262 g/mol. The summed E-state index contributed by atoms with van der Waals surface area (Å²) in [4.78, 5) is 12.7. The Balaban J connectivity index is 1.47. The van der Waals surface area contributed by atoms with Crippen LogP contribution in [0.3, 0.4) is 0 Å². The van der Waals surface area contributed by atoms with Crippen LogP contribution in [0.5, 0.6) is 0 Å². The molecule has 0 bridgehead atoms. The van der Waals surface area contributed by atoms with E-state index in [-0.39, 0.29) is 5.91 Å². The average Bonchev–Trinajstić information content (AvgIpc) is 3.44. The van der Waals surface area contributed by atoms with Crippen molar-refractivity contribution in [2.45, 2.75) is 50.6 Å². The summed E-state index contributed by atoms with van der Waals surface area (Å²) in [5.41, 5.74) is 0.855. The number of nitrogens with one attached hydrogen (secondary N) is 2. The van der Waals surface area contributed by atoms with Gasteiger partial charge in [0.05, 0.1) is 0 Å². The third-order valence-corrected chi connectivity index (χ3v) is 5.27. The van der Waals surface area contributed by atoms with E-state index in [1.54, 1.807) is 0 Å². The van der Waals surface area contributed by atoms with Gasteiger partial charge in [-0.1, -0.05) is 0 Å². The Morgan fingerprint density at radius 3 is 2.43 bits per heavy atom. The van der Waals surface area contributed by atoms with Crippen LogP contribution in [0.1, 0.15) is 55.1 Å². The van der Waals surface area contributed by atoms with E-state index < -0.39 is 0 Å². The van der Waals surface area contributed by atoms with Crippen LogP contribution in [-0.2, 0) is 0 Å². The van der Waals surface area contributed by atoms with Gasteiger partial charge in [-0.05, 0) is 75.6 Å². The number of hydrogen-bond acceptors (Lipinski definition) is 2. The van der Waals surface area contributed by atoms with Gasteiger partial charge in [-0.15, -0.1) is 0 Å². The van der Waals surface area contributed by atoms with Crippen LogP contribution in [0.15, 0.2) is 18.3 Å². The lowest BCUT2D eigenvalue weighted by Crippen LogP contribution is -2.39. The Morgan fingerprint density at radius 1 is 1.14 bits per heavy atom. The maximum atomic E-state index is 12.7. The summed E-state index contributed by atoms with van der Waals surface area (Å²) in [6, 6.07) is 4.91. The maximum absolute atomic E-state index is 12.7. The zero-order valence-electron chi connectivity index (χ0n) is 12.6. The first-order valence-electron chi connectivity index (χ1n) is 8.51. The van der Waals surface area contributed by atoms with Crippen molar-refractivity contribution in [3.63, 3.8) is 0 Å². The van der Waals surface area contributed by atoms with Gasteiger partial charge >= 0.3 is 0 Å². The number of amides is 1. The summed E-state index contributed by atoms with van der Waals surface area (Å²) < 4.78 is 2.20. The van der Waals surface area contributed by atoms with Crippen molar-refractivity contribution in [3.05, 3.63) is 24.0 Å². The van der Waals surface area contributed by atoms with Crippen molar-refractivity contribution in [3.8, 4) is 0 Å². The molecule has 1 amide bonds. The van der Waals surface area contributed by atoms with Gasteiger partial charge < -0.3 is 15.2 Å². The molecule has 2 heterocycles. The maximum Gasteiger partial charge on any atom is 0.268 e. The molecular formula is C17H25N3O. The molecule has 114 valence electrons. The second-order valence-corrected chi connectivity index (χ2v) is 6.96. The average molecular weight is 287 g/mol. The molecule has 0 radical (unpaired) electrons. The molecule has 1 aromatic rings. The molecule has 4 rings (SSSR count). The predicted octanol–water partition coefficient (Wildman–Crippen LogP) is 2.33. The highest BCUT2D eigenvalue weighted by Gasteiger charge is 2.42. The van der Waals surface area contributed by atoms with Crippen LogP contribution in [0, 0.1) is 11.8 Å². The van der Waals surface area contributed by atoms with E-state index in [0.29, 0.717) is 12.1 Å². The molecule has 0 aromatic carbocycles. The second-order valence-electron chi connectivity index (χ2n) is 6.96. The monoisotopic (exact) mass is 287 g/mol. The molecule has 21 heavy (non-hydrogen) atoms. The first-order chi connectivity index (χ1) is 10.3. The van der Waals surface area contributed by atoms with Crippen LogP contribution in [0.25, 0.3) is 0 Å². The van der Waals surface area contributed by atoms with Gasteiger partial charge in [0.15, 0.2) is 0 Å². The lowest BCUT2D eigenvalue weighted by atomic mass is 10.1. The Kier molecular flexibility index (Phi) is 3.49. The summed E-state index contributed by atoms with van der Waals surface area (Å²) >= 11 is 0. The zero-order chi connectivity index (χ0) is 14.2. The first-order valence-corrected chi connectivity index (χ1v) is 8.51. The molecule has 0 unspecified atom stereocenters. The minimum atomic E-state index is 0.141. The largest absolute Gasteiger partial charge is 0.347 e. The van der Waals surface area contributed by atoms with Gasteiger partial charge in [0.25, 0.3) is 5.91 Å². The van der Waals surface area contributed by atoms with Crippen LogP contribution >= 0.6 is 0 Å². The smallest absolute Gasteiger partial charge is 0.268 e. The summed E-state index contributed by atoms with van der Waals surface area (Å²) in [5.74, 6) is 1.65. The molecule has 4 nitrogen and oxygen atoms in total. The van der Waals surface area contributed by atoms with E-state index in [1.165, 1.54) is 25.7 Å². The van der Waals surface area contributed by atoms with E-state index in [4.69, 9.17) is 0 Å². The standard InChI is InChI=1S/C17H25N3O/c21-17(19-16(12-3-4-12)13-5-6-13)15-2-1-11-20(15)14-7-9-18-10-8-14/h1-2,11-14,16,18H,3-10H2,(H,19,21). The van der Waals surface area contributed by atoms with Crippen molar-refractivity contribution in [2.24, 2.45) is 11.8 Å². The fourth-order valence-corrected chi connectivity index (χ4v) is 3.75. The number of aromatic nitrogens is 1. The normalized spacial score (nSPS) is 23.5. The lowest BCUT2D eigenvalue weighted by molar-refractivity contribution is 0.0913. The molecule has 1 aromatic heterocycles. The highest BCUT2D eigenvalue weighted by Crippen LogP contribution is 2.44. The van der Waals surface area contributed by atoms with Crippen molar-refractivity contribution >= 4 is 5.91 Å². The SMILES string of the molecule is O=C(NC(C1CC1)C1CC1)c1cccn1C1CCNCC1. The molecule has 3 aliphatic rings. The number of nitrogens with zero attached hydrogens (tertiary/aromatic N) is 1. The second kappa shape index (κ2) is 5.48. The molecule has 1 saturated heterocycles. The molecule has 0 atom stereocenters. The Hall–Kier alpha value is -1.29. The van der Waals surface area contributed by atoms with E-state index in [1.807, 2.05) is 12.1 Å². The fourth-order valence-electron chi connectivity index (χ4n) is 3.75. The van der Waals surface area contributed by atoms with E-state index in [0.717, 1.165) is 43.5 Å². The summed E-state index contributed by atoms with van der Waals surface area (Å²) in [7, 11) is 0. The third kappa shape index (κ3) is 2.86. The highest BCUT2D eigenvalue weighted by molar-refractivity contribution is 5.93. The van der Waals surface area contributed by atoms with Crippen LogP contribution < -0.4 is 10.6 Å². The molecule has 0 spiro atoms. The van der Waals surface area contributed by atoms with Crippen molar-refractivity contribution in [2.75, 3.05) is 13.1 Å². The number of piperidine rings is 1. The zero-order valence-corrected chi connectivity index (χ0v) is 12.6. The molecule has 2 saturated carbocycles. The Bertz CT molecular complexity index is 498. The highest BCUT2D eigenvalue weighted by atomic mass is 16.2. The van der Waals surface area contributed by atoms with Gasteiger partial charge in [0.1, 0.15) is 5.69 Å². The Morgan fingerprint density at radius 2 is 1.81 bits per heavy atom. The minimum Gasteiger partial charge on any atom is -0.347 e. The first kappa shape index (κ1) is 13.4. The molecule has 2 N–H and O–H groups in total. The number of carbonyl (C=O) groups is 1. The molecule has 2 aliphatic carbocycles. The minimum absolute atomic E-state index is 0.141. The van der Waals surface area contributed by atoms with Gasteiger partial charge in [0, 0.05) is 18.3 Å². The predicted molar refractivity (Wildman–Crippen MR) is 82.3 cm³/mol. The topological polar surface area (TPSA) is 46.1 Å². The summed E-state index contributed by atoms with van der Waals surface area (Å²) in [5, 5.41) is 6.74. The van der Waals surface area contributed by atoms with Gasteiger partial charge in [-0.2, -0.15) is 0 Å². The fraction of sp³-hybridized carbons (Fsp3) is 0.706. The summed E-state index contributed by atoms with van der Waals surface area (Å²) in [6.45, 7) is 2.10. The van der Waals surface area contributed by atoms with Gasteiger partial charge in [-0.25, -0.2) is 0 Å². The van der Waals surface area contributed by atoms with Crippen LogP contribution in [0.4, 0.5) is 0 Å². The molecule has 3 fully saturated rings. The molecule has 1 aliphatic heterocycles. The van der Waals surface area contributed by atoms with Gasteiger partial charge in [0.2, 0.25) is 0 Å². The number of carbonyl (C=O) groups excluding carboxylic acids is 1. The third-order valence-electron chi connectivity index (χ3n) is 5.27. The lowest BCUT2D eigenvalue weighted by Gasteiger charge is -2.26. The van der Waals surface area contributed by atoms with E-state index >= 15 is 0 Å². The van der Waals surface area contributed by atoms with Crippen LogP contribution in [-0.4, -0.2) is 29.6 Å². The van der Waals surface area contributed by atoms with Crippen molar-refractivity contribution in [1.29, 1.82) is 0 Å². The number of rotatable bonds is 5. The van der Waals surface area contributed by atoms with E-state index in [2.05, 4.69) is 21.4 Å². The quantitative estimate of drug-likeness (QED) is 0.873. The molecule has 4 heteroatoms. The number of hydrogen-bond donors (Lipinski definition) is 2. The van der Waals surface area contributed by atoms with Crippen molar-refractivity contribution in [1.82, 2.24) is 15.2 Å². The Labute approximate surface area is 126 Å². The van der Waals surface area contributed by atoms with Crippen LogP contribution in [0.2, 0.25) is 0 Å². The van der Waals surface area contributed by atoms with Gasteiger partial charge in [-0.3, -0.25) is 4.79 Å². The summed E-state index contributed by atoms with van der Waals surface area (Å²) in [6.07, 6.45) is 9.52. The van der Waals surface area contributed by atoms with Crippen molar-refractivity contribution < 1.29 is 4.79 Å².